The summed E-state index contributed by atoms with van der Waals surface area (Å²) in [6.07, 6.45) is 0.936. The minimum absolute atomic E-state index is 0.0808. The molecule has 0 fully saturated rings. The van der Waals surface area contributed by atoms with Crippen molar-refractivity contribution < 1.29 is 9.53 Å². The molecule has 35 heavy (non-hydrogen) atoms. The molecule has 1 aromatic heterocycles. The summed E-state index contributed by atoms with van der Waals surface area (Å²) < 4.78 is 6.88. The van der Waals surface area contributed by atoms with E-state index in [4.69, 9.17) is 9.72 Å². The van der Waals surface area contributed by atoms with Crippen LogP contribution in [0.15, 0.2) is 88.8 Å². The van der Waals surface area contributed by atoms with Crippen molar-refractivity contribution in [3.8, 4) is 5.75 Å². The lowest BCUT2D eigenvalue weighted by atomic mass is 9.96. The summed E-state index contributed by atoms with van der Waals surface area (Å²) in [6, 6.07) is 25.1. The van der Waals surface area contributed by atoms with Gasteiger partial charge in [0.15, 0.2) is 5.16 Å². The molecule has 180 valence electrons. The number of carbonyl (C=O) groups excluding carboxylic acids is 1. The molecule has 6 nitrogen and oxygen atoms in total. The Labute approximate surface area is 209 Å². The highest BCUT2D eigenvalue weighted by Crippen LogP contribution is 2.21. The molecule has 4 aromatic rings. The number of benzene rings is 3. The zero-order valence-corrected chi connectivity index (χ0v) is 20.8. The van der Waals surface area contributed by atoms with Crippen molar-refractivity contribution in [3.05, 3.63) is 100 Å². The number of hydrogen-bond donors (Lipinski definition) is 1. The molecule has 0 unspecified atom stereocenters. The Morgan fingerprint density at radius 1 is 1.03 bits per heavy atom. The van der Waals surface area contributed by atoms with Gasteiger partial charge in [-0.05, 0) is 41.8 Å². The lowest BCUT2D eigenvalue weighted by molar-refractivity contribution is -0.118. The molecule has 7 heteroatoms. The van der Waals surface area contributed by atoms with E-state index in [-0.39, 0.29) is 23.1 Å². The number of nitrogens with zero attached hydrogens (tertiary/aromatic N) is 2. The maximum atomic E-state index is 13.3. The summed E-state index contributed by atoms with van der Waals surface area (Å²) in [6.45, 7) is 3.05. The minimum Gasteiger partial charge on any atom is -0.497 e. The number of carbonyl (C=O) groups is 1. The first kappa shape index (κ1) is 24.5. The number of amides is 1. The number of methoxy groups -OCH3 is 1. The van der Waals surface area contributed by atoms with Crippen molar-refractivity contribution in [1.82, 2.24) is 14.9 Å². The van der Waals surface area contributed by atoms with Crippen molar-refractivity contribution in [2.45, 2.75) is 31.0 Å². The van der Waals surface area contributed by atoms with E-state index in [2.05, 4.69) is 24.4 Å². The molecule has 1 N–H and O–H groups in total. The average molecular weight is 488 g/mol. The number of aromatic nitrogens is 2. The molecule has 1 atom stereocenters. The fraction of sp³-hybridized carbons (Fsp3) is 0.250. The van der Waals surface area contributed by atoms with E-state index in [1.165, 1.54) is 17.3 Å². The van der Waals surface area contributed by atoms with Crippen LogP contribution in [0.2, 0.25) is 0 Å². The average Bonchev–Trinajstić information content (AvgIpc) is 2.90. The quantitative estimate of drug-likeness (QED) is 0.256. The highest BCUT2D eigenvalue weighted by Gasteiger charge is 2.15. The maximum Gasteiger partial charge on any atom is 0.262 e. The van der Waals surface area contributed by atoms with Crippen LogP contribution < -0.4 is 15.6 Å². The SMILES string of the molecule is CC[C@@H](CNC(=O)CSc1nc2ccccc2c(=O)n1Cc1ccc(OC)cc1)c1ccccc1. The van der Waals surface area contributed by atoms with Crippen LogP contribution in [-0.4, -0.2) is 34.9 Å². The molecule has 4 rings (SSSR count). The second-order valence-electron chi connectivity index (χ2n) is 8.26. The van der Waals surface area contributed by atoms with Gasteiger partial charge in [-0.2, -0.15) is 0 Å². The Bertz CT molecular complexity index is 1340. The van der Waals surface area contributed by atoms with Crippen molar-refractivity contribution in [2.75, 3.05) is 19.4 Å². The van der Waals surface area contributed by atoms with Gasteiger partial charge in [0.05, 0.1) is 30.3 Å². The first-order chi connectivity index (χ1) is 17.1. The molecule has 0 saturated heterocycles. The molecule has 0 bridgehead atoms. The van der Waals surface area contributed by atoms with Gasteiger partial charge >= 0.3 is 0 Å². The third kappa shape index (κ3) is 6.11. The minimum atomic E-state index is -0.121. The van der Waals surface area contributed by atoms with Crippen molar-refractivity contribution in [3.63, 3.8) is 0 Å². The van der Waals surface area contributed by atoms with Gasteiger partial charge in [-0.25, -0.2) is 4.98 Å². The summed E-state index contributed by atoms with van der Waals surface area (Å²) in [5, 5.41) is 4.13. The second kappa shape index (κ2) is 11.7. The molecule has 1 heterocycles. The molecule has 0 radical (unpaired) electrons. The molecule has 0 spiro atoms. The van der Waals surface area contributed by atoms with Crippen LogP contribution in [0.5, 0.6) is 5.75 Å². The maximum absolute atomic E-state index is 13.3. The first-order valence-corrected chi connectivity index (χ1v) is 12.6. The van der Waals surface area contributed by atoms with Crippen LogP contribution >= 0.6 is 11.8 Å². The molecule has 0 aliphatic carbocycles. The van der Waals surface area contributed by atoms with Gasteiger partial charge in [0.2, 0.25) is 5.91 Å². The lowest BCUT2D eigenvalue weighted by Crippen LogP contribution is -2.30. The van der Waals surface area contributed by atoms with Crippen molar-refractivity contribution >= 4 is 28.6 Å². The van der Waals surface area contributed by atoms with E-state index in [9.17, 15) is 9.59 Å². The smallest absolute Gasteiger partial charge is 0.262 e. The standard InChI is InChI=1S/C28H29N3O3S/c1-3-21(22-9-5-4-6-10-22)17-29-26(32)19-35-28-30-25-12-8-7-11-24(25)27(33)31(28)18-20-13-15-23(34-2)16-14-20/h4-16,21H,3,17-19H2,1-2H3,(H,29,32)/t21-/m0/s1. The molecule has 0 aliphatic rings. The summed E-state index contributed by atoms with van der Waals surface area (Å²) in [5.74, 6) is 1.11. The number of nitrogens with one attached hydrogen (secondary N) is 1. The highest BCUT2D eigenvalue weighted by atomic mass is 32.2. The number of ether oxygens (including phenoxy) is 1. The van der Waals surface area contributed by atoms with Crippen LogP contribution in [0.25, 0.3) is 10.9 Å². The van der Waals surface area contributed by atoms with Crippen LogP contribution in [-0.2, 0) is 11.3 Å². The summed E-state index contributed by atoms with van der Waals surface area (Å²) >= 11 is 1.28. The number of thioether (sulfide) groups is 1. The fourth-order valence-corrected chi connectivity index (χ4v) is 4.78. The third-order valence-electron chi connectivity index (χ3n) is 5.97. The fourth-order valence-electron chi connectivity index (χ4n) is 3.95. The summed E-state index contributed by atoms with van der Waals surface area (Å²) in [7, 11) is 1.62. The molecule has 1 amide bonds. The normalized spacial score (nSPS) is 11.8. The van der Waals surface area contributed by atoms with Gasteiger partial charge in [0.1, 0.15) is 5.75 Å². The second-order valence-corrected chi connectivity index (χ2v) is 9.20. The molecular formula is C28H29N3O3S. The predicted octanol–water partition coefficient (Wildman–Crippen LogP) is 4.86. The molecule has 3 aromatic carbocycles. The molecular weight excluding hydrogens is 458 g/mol. The predicted molar refractivity (Wildman–Crippen MR) is 141 cm³/mol. The summed E-state index contributed by atoms with van der Waals surface area (Å²) in [5.41, 5.74) is 2.67. The summed E-state index contributed by atoms with van der Waals surface area (Å²) in [4.78, 5) is 30.7. The monoisotopic (exact) mass is 487 g/mol. The van der Waals surface area contributed by atoms with Crippen molar-refractivity contribution in [1.29, 1.82) is 0 Å². The zero-order valence-electron chi connectivity index (χ0n) is 19.9. The Morgan fingerprint density at radius 3 is 2.46 bits per heavy atom. The van der Waals surface area contributed by atoms with E-state index in [0.29, 0.717) is 29.1 Å². The Morgan fingerprint density at radius 2 is 1.74 bits per heavy atom. The Kier molecular flexibility index (Phi) is 8.21. The van der Waals surface area contributed by atoms with E-state index in [1.807, 2.05) is 60.7 Å². The van der Waals surface area contributed by atoms with Gasteiger partial charge in [0, 0.05) is 12.5 Å². The largest absolute Gasteiger partial charge is 0.497 e. The number of hydrogen-bond acceptors (Lipinski definition) is 5. The topological polar surface area (TPSA) is 73.2 Å². The zero-order chi connectivity index (χ0) is 24.6. The van der Waals surface area contributed by atoms with Crippen molar-refractivity contribution in [2.24, 2.45) is 0 Å². The lowest BCUT2D eigenvalue weighted by Gasteiger charge is -2.17. The Hall–Kier alpha value is -3.58. The number of rotatable bonds is 10. The van der Waals surface area contributed by atoms with Gasteiger partial charge in [-0.1, -0.05) is 73.3 Å². The van der Waals surface area contributed by atoms with E-state index in [1.54, 1.807) is 17.7 Å². The molecule has 0 aliphatic heterocycles. The number of para-hydroxylation sites is 1. The van der Waals surface area contributed by atoms with Crippen LogP contribution in [0.3, 0.4) is 0 Å². The first-order valence-electron chi connectivity index (χ1n) is 11.7. The van der Waals surface area contributed by atoms with E-state index in [0.717, 1.165) is 17.7 Å². The Balaban J connectivity index is 1.50. The third-order valence-corrected chi connectivity index (χ3v) is 6.94. The molecule has 0 saturated carbocycles. The van der Waals surface area contributed by atoms with Crippen LogP contribution in [0.4, 0.5) is 0 Å². The van der Waals surface area contributed by atoms with Crippen LogP contribution in [0, 0.1) is 0 Å². The van der Waals surface area contributed by atoms with Gasteiger partial charge < -0.3 is 10.1 Å². The van der Waals surface area contributed by atoms with Gasteiger partial charge in [0.25, 0.3) is 5.56 Å². The van der Waals surface area contributed by atoms with E-state index < -0.39 is 0 Å². The van der Waals surface area contributed by atoms with Crippen LogP contribution in [0.1, 0.15) is 30.4 Å². The highest BCUT2D eigenvalue weighted by molar-refractivity contribution is 7.99. The van der Waals surface area contributed by atoms with Gasteiger partial charge in [-0.15, -0.1) is 0 Å². The van der Waals surface area contributed by atoms with Gasteiger partial charge in [-0.3, -0.25) is 14.2 Å². The number of fused-ring (bicyclic) bond motifs is 1. The van der Waals surface area contributed by atoms with E-state index >= 15 is 0 Å².